The van der Waals surface area contributed by atoms with Gasteiger partial charge in [-0.25, -0.2) is 0 Å². The first kappa shape index (κ1) is 19.0. The van der Waals surface area contributed by atoms with Crippen LogP contribution in [0.5, 0.6) is 5.75 Å². The summed E-state index contributed by atoms with van der Waals surface area (Å²) in [4.78, 5) is 5.92. The monoisotopic (exact) mass is 378 g/mol. The lowest BCUT2D eigenvalue weighted by Gasteiger charge is -2.41. The summed E-state index contributed by atoms with van der Waals surface area (Å²) in [7, 11) is 4.35. The lowest BCUT2D eigenvalue weighted by molar-refractivity contribution is 0.0167. The third-order valence-corrected chi connectivity index (χ3v) is 6.49. The van der Waals surface area contributed by atoms with E-state index in [1.807, 2.05) is 12.1 Å². The fraction of sp³-hybridized carbons (Fsp3) is 0.417. The van der Waals surface area contributed by atoms with E-state index in [4.69, 9.17) is 4.74 Å². The first-order valence-electron chi connectivity index (χ1n) is 10.2. The highest BCUT2D eigenvalue weighted by Crippen LogP contribution is 2.41. The van der Waals surface area contributed by atoms with E-state index in [1.54, 1.807) is 6.07 Å². The zero-order valence-corrected chi connectivity index (χ0v) is 17.0. The number of fused-ring (bicyclic) bond motifs is 3. The van der Waals surface area contributed by atoms with E-state index in [0.29, 0.717) is 5.75 Å². The van der Waals surface area contributed by atoms with E-state index in [1.165, 1.54) is 16.8 Å². The zero-order chi connectivity index (χ0) is 19.7. The average Bonchev–Trinajstić information content (AvgIpc) is 3.08. The second-order valence-electron chi connectivity index (χ2n) is 8.04. The van der Waals surface area contributed by atoms with Crippen LogP contribution >= 0.6 is 0 Å². The number of benzene rings is 2. The van der Waals surface area contributed by atoms with Gasteiger partial charge in [0.25, 0.3) is 0 Å². The molecule has 3 aromatic rings. The fourth-order valence-corrected chi connectivity index (χ4v) is 4.86. The Kier molecular flexibility index (Phi) is 5.17. The van der Waals surface area contributed by atoms with Crippen LogP contribution in [0.3, 0.4) is 0 Å². The molecule has 0 amide bonds. The average molecular weight is 379 g/mol. The van der Waals surface area contributed by atoms with Gasteiger partial charge in [-0.2, -0.15) is 0 Å². The van der Waals surface area contributed by atoms with E-state index in [-0.39, 0.29) is 11.6 Å². The van der Waals surface area contributed by atoms with Crippen LogP contribution in [0.15, 0.2) is 48.5 Å². The van der Waals surface area contributed by atoms with Gasteiger partial charge >= 0.3 is 0 Å². The number of aromatic amines is 1. The van der Waals surface area contributed by atoms with Gasteiger partial charge in [-0.1, -0.05) is 37.3 Å². The van der Waals surface area contributed by atoms with Crippen LogP contribution in [0.4, 0.5) is 0 Å². The van der Waals surface area contributed by atoms with Crippen LogP contribution in [0.2, 0.25) is 0 Å². The third kappa shape index (κ3) is 3.21. The Morgan fingerprint density at radius 1 is 1.18 bits per heavy atom. The number of ether oxygens (including phenoxy) is 1. The highest BCUT2D eigenvalue weighted by atomic mass is 16.5. The van der Waals surface area contributed by atoms with E-state index in [2.05, 4.69) is 61.2 Å². The molecule has 1 aliphatic heterocycles. The Morgan fingerprint density at radius 2 is 1.96 bits per heavy atom. The Bertz CT molecular complexity index is 948. The smallest absolute Gasteiger partial charge is 0.116 e. The number of hydrogen-bond acceptors (Lipinski definition) is 3. The predicted octanol–water partition coefficient (Wildman–Crippen LogP) is 5.13. The highest BCUT2D eigenvalue weighted by molar-refractivity contribution is 5.86. The molecule has 0 spiro atoms. The molecule has 0 saturated carbocycles. The number of H-pyrrole nitrogens is 1. The minimum Gasteiger partial charge on any atom is -0.508 e. The lowest BCUT2D eigenvalue weighted by Crippen LogP contribution is -2.41. The molecule has 0 fully saturated rings. The van der Waals surface area contributed by atoms with Gasteiger partial charge in [0.05, 0.1) is 12.7 Å². The van der Waals surface area contributed by atoms with Crippen molar-refractivity contribution in [3.63, 3.8) is 0 Å². The van der Waals surface area contributed by atoms with Gasteiger partial charge in [0.1, 0.15) is 5.75 Å². The molecule has 0 aliphatic carbocycles. The maximum absolute atomic E-state index is 9.89. The molecular formula is C24H30N2O2. The normalized spacial score (nSPS) is 18.9. The predicted molar refractivity (Wildman–Crippen MR) is 114 cm³/mol. The third-order valence-electron chi connectivity index (χ3n) is 6.49. The molecule has 148 valence electrons. The summed E-state index contributed by atoms with van der Waals surface area (Å²) < 4.78 is 6.21. The Hall–Kier alpha value is -2.30. The van der Waals surface area contributed by atoms with Crippen molar-refractivity contribution in [1.82, 2.24) is 9.88 Å². The van der Waals surface area contributed by atoms with E-state index in [0.717, 1.165) is 43.2 Å². The van der Waals surface area contributed by atoms with Crippen LogP contribution in [0, 0.1) is 0 Å². The molecule has 4 rings (SSSR count). The summed E-state index contributed by atoms with van der Waals surface area (Å²) in [6.07, 6.45) is 3.97. The second kappa shape index (κ2) is 7.61. The van der Waals surface area contributed by atoms with Crippen LogP contribution in [-0.2, 0) is 16.7 Å². The van der Waals surface area contributed by atoms with E-state index in [9.17, 15) is 5.11 Å². The van der Waals surface area contributed by atoms with Crippen molar-refractivity contribution in [2.75, 3.05) is 20.7 Å². The number of hydrogen-bond donors (Lipinski definition) is 2. The highest BCUT2D eigenvalue weighted by Gasteiger charge is 2.35. The summed E-state index contributed by atoms with van der Waals surface area (Å²) >= 11 is 0. The van der Waals surface area contributed by atoms with Crippen molar-refractivity contribution in [3.05, 3.63) is 65.4 Å². The molecule has 0 bridgehead atoms. The molecule has 2 N–H and O–H groups in total. The molecule has 1 aliphatic rings. The molecule has 28 heavy (non-hydrogen) atoms. The minimum absolute atomic E-state index is 0.00743. The number of phenols is 1. The topological polar surface area (TPSA) is 48.5 Å². The van der Waals surface area contributed by atoms with Crippen molar-refractivity contribution >= 4 is 10.9 Å². The van der Waals surface area contributed by atoms with Gasteiger partial charge in [-0.05, 0) is 69.1 Å². The van der Waals surface area contributed by atoms with E-state index < -0.39 is 0 Å². The first-order chi connectivity index (χ1) is 13.5. The van der Waals surface area contributed by atoms with Crippen molar-refractivity contribution < 1.29 is 9.84 Å². The Balaban J connectivity index is 1.64. The molecular weight excluding hydrogens is 348 g/mol. The molecule has 2 aromatic carbocycles. The summed E-state index contributed by atoms with van der Waals surface area (Å²) in [5.74, 6) is 0.319. The SMILES string of the molecule is CCC(CCC1OCCc2c1[nH]c1ccc(O)cc21)(c1ccccc1)N(C)C. The minimum atomic E-state index is -0.00743. The van der Waals surface area contributed by atoms with Crippen molar-refractivity contribution in [3.8, 4) is 5.75 Å². The summed E-state index contributed by atoms with van der Waals surface area (Å²) in [6.45, 7) is 3.00. The fourth-order valence-electron chi connectivity index (χ4n) is 4.86. The van der Waals surface area contributed by atoms with Crippen molar-refractivity contribution in [2.24, 2.45) is 0 Å². The second-order valence-corrected chi connectivity index (χ2v) is 8.04. The standard InChI is InChI=1S/C24H30N2O2/c1-4-24(26(2)3,17-8-6-5-7-9-17)14-12-22-23-19(13-15-28-22)20-16-18(27)10-11-21(20)25-23/h5-11,16,22,25,27H,4,12-15H2,1-3H3. The van der Waals surface area contributed by atoms with Crippen molar-refractivity contribution in [2.45, 2.75) is 44.2 Å². The first-order valence-corrected chi connectivity index (χ1v) is 10.2. The number of aromatic hydroxyl groups is 1. The van der Waals surface area contributed by atoms with E-state index >= 15 is 0 Å². The quantitative estimate of drug-likeness (QED) is 0.625. The van der Waals surface area contributed by atoms with Crippen LogP contribution in [-0.4, -0.2) is 35.7 Å². The Morgan fingerprint density at radius 3 is 2.68 bits per heavy atom. The summed E-state index contributed by atoms with van der Waals surface area (Å²) in [5, 5.41) is 11.0. The number of aromatic nitrogens is 1. The number of rotatable bonds is 6. The number of phenolic OH excluding ortho intramolecular Hbond substituents is 1. The van der Waals surface area contributed by atoms with Crippen LogP contribution in [0.1, 0.15) is 49.1 Å². The number of nitrogens with zero attached hydrogens (tertiary/aromatic N) is 1. The Labute approximate surface area is 167 Å². The summed E-state index contributed by atoms with van der Waals surface area (Å²) in [5.41, 5.74) is 4.92. The van der Waals surface area contributed by atoms with Crippen molar-refractivity contribution in [1.29, 1.82) is 0 Å². The molecule has 2 unspecified atom stereocenters. The maximum atomic E-state index is 9.89. The molecule has 4 nitrogen and oxygen atoms in total. The van der Waals surface area contributed by atoms with Gasteiger partial charge < -0.3 is 14.8 Å². The molecule has 2 atom stereocenters. The molecule has 0 saturated heterocycles. The molecule has 2 heterocycles. The van der Waals surface area contributed by atoms with Gasteiger partial charge in [-0.15, -0.1) is 0 Å². The maximum Gasteiger partial charge on any atom is 0.116 e. The van der Waals surface area contributed by atoms with Gasteiger partial charge in [-0.3, -0.25) is 4.90 Å². The van der Waals surface area contributed by atoms with Crippen LogP contribution in [0.25, 0.3) is 10.9 Å². The summed E-state index contributed by atoms with van der Waals surface area (Å²) in [6, 6.07) is 16.4. The molecule has 0 radical (unpaired) electrons. The van der Waals surface area contributed by atoms with Gasteiger partial charge in [0, 0.05) is 22.1 Å². The zero-order valence-electron chi connectivity index (χ0n) is 17.0. The number of nitrogens with one attached hydrogen (secondary N) is 1. The largest absolute Gasteiger partial charge is 0.508 e. The molecule has 4 heteroatoms. The molecule has 1 aromatic heterocycles. The van der Waals surface area contributed by atoms with Gasteiger partial charge in [0.2, 0.25) is 0 Å². The van der Waals surface area contributed by atoms with Crippen LogP contribution < -0.4 is 0 Å². The van der Waals surface area contributed by atoms with Gasteiger partial charge in [0.15, 0.2) is 0 Å². The lowest BCUT2D eigenvalue weighted by atomic mass is 9.80.